The lowest BCUT2D eigenvalue weighted by Gasteiger charge is -2.38. The second kappa shape index (κ2) is 11.7. The molecule has 1 fully saturated rings. The Bertz CT molecular complexity index is 1520. The third-order valence-corrected chi connectivity index (χ3v) is 7.01. The molecule has 1 saturated heterocycles. The van der Waals surface area contributed by atoms with Gasteiger partial charge in [-0.3, -0.25) is 4.79 Å². The molecule has 0 aliphatic carbocycles. The van der Waals surface area contributed by atoms with Crippen LogP contribution in [0, 0.1) is 6.92 Å². The number of hydrogen-bond donors (Lipinski definition) is 6. The molecule has 1 amide bonds. The standard InChI is InChI=1S/C27H32N4O10/c1-4-5-10-29(3)24(37)15-11-14(17(32)12-18(15)33)23-28-31(27(40)30(23)16-9-7-6-8-13(16)2)25-21(36)19(34)20(35)22(41-25)26(38)39/h6-9,11-12,19-22,25,32-36H,4-5,10H2,1-3H3,(H,38,39). The largest absolute Gasteiger partial charge is 0.507 e. The number of ether oxygens (including phenoxy) is 1. The Morgan fingerprint density at radius 3 is 2.37 bits per heavy atom. The minimum atomic E-state index is -2.00. The van der Waals surface area contributed by atoms with Gasteiger partial charge in [-0.2, -0.15) is 4.68 Å². The van der Waals surface area contributed by atoms with Gasteiger partial charge in [-0.05, 0) is 31.0 Å². The van der Waals surface area contributed by atoms with Crippen LogP contribution in [-0.2, 0) is 9.53 Å². The highest BCUT2D eigenvalue weighted by atomic mass is 16.6. The normalized spacial score (nSPS) is 22.4. The van der Waals surface area contributed by atoms with E-state index < -0.39 is 59.7 Å². The first-order valence-electron chi connectivity index (χ1n) is 12.9. The van der Waals surface area contributed by atoms with Gasteiger partial charge < -0.3 is 40.3 Å². The molecule has 220 valence electrons. The maximum absolute atomic E-state index is 13.8. The van der Waals surface area contributed by atoms with Crippen LogP contribution in [0.4, 0.5) is 0 Å². The molecule has 0 saturated carbocycles. The number of carbonyl (C=O) groups excluding carboxylic acids is 1. The molecule has 4 rings (SSSR count). The summed E-state index contributed by atoms with van der Waals surface area (Å²) in [5.74, 6) is -3.47. The monoisotopic (exact) mass is 572 g/mol. The highest BCUT2D eigenvalue weighted by molar-refractivity contribution is 5.98. The molecule has 41 heavy (non-hydrogen) atoms. The summed E-state index contributed by atoms with van der Waals surface area (Å²) in [4.78, 5) is 40.0. The van der Waals surface area contributed by atoms with Gasteiger partial charge in [0.1, 0.15) is 29.8 Å². The maximum atomic E-state index is 13.8. The van der Waals surface area contributed by atoms with Crippen LogP contribution in [0.3, 0.4) is 0 Å². The topological polar surface area (TPSA) is 208 Å². The van der Waals surface area contributed by atoms with Gasteiger partial charge in [0.2, 0.25) is 0 Å². The molecule has 5 unspecified atom stereocenters. The number of phenols is 2. The number of carboxylic acid groups (broad SMARTS) is 1. The van der Waals surface area contributed by atoms with Crippen LogP contribution in [0.15, 0.2) is 41.2 Å². The number of nitrogens with zero attached hydrogens (tertiary/aromatic N) is 4. The molecule has 14 nitrogen and oxygen atoms in total. The van der Waals surface area contributed by atoms with Gasteiger partial charge >= 0.3 is 11.7 Å². The number of aromatic nitrogens is 3. The Kier molecular flexibility index (Phi) is 8.49. The van der Waals surface area contributed by atoms with E-state index in [-0.39, 0.29) is 17.0 Å². The van der Waals surface area contributed by atoms with Gasteiger partial charge in [0.25, 0.3) is 5.91 Å². The van der Waals surface area contributed by atoms with E-state index in [1.165, 1.54) is 11.0 Å². The van der Waals surface area contributed by atoms with Crippen LogP contribution in [0.2, 0.25) is 0 Å². The fourth-order valence-electron chi connectivity index (χ4n) is 4.65. The quantitative estimate of drug-likeness (QED) is 0.217. The van der Waals surface area contributed by atoms with Gasteiger partial charge in [-0.1, -0.05) is 31.5 Å². The van der Waals surface area contributed by atoms with Gasteiger partial charge in [-0.15, -0.1) is 5.10 Å². The number of rotatable bonds is 8. The van der Waals surface area contributed by atoms with E-state index in [4.69, 9.17) is 4.74 Å². The number of aromatic hydroxyl groups is 2. The van der Waals surface area contributed by atoms with Gasteiger partial charge in [0.05, 0.1) is 16.8 Å². The molecule has 0 bridgehead atoms. The summed E-state index contributed by atoms with van der Waals surface area (Å²) in [5.41, 5.74) is -0.387. The van der Waals surface area contributed by atoms with Crippen molar-refractivity contribution in [1.29, 1.82) is 0 Å². The fraction of sp³-hybridized carbons (Fsp3) is 0.407. The van der Waals surface area contributed by atoms with Crippen LogP contribution in [0.25, 0.3) is 17.1 Å². The first kappa shape index (κ1) is 29.7. The van der Waals surface area contributed by atoms with Crippen LogP contribution < -0.4 is 5.69 Å². The van der Waals surface area contributed by atoms with E-state index in [9.17, 15) is 45.0 Å². The average molecular weight is 573 g/mol. The summed E-state index contributed by atoms with van der Waals surface area (Å²) in [5, 5.41) is 66.1. The van der Waals surface area contributed by atoms with Crippen LogP contribution in [0.1, 0.15) is 41.9 Å². The van der Waals surface area contributed by atoms with Crippen molar-refractivity contribution in [3.05, 3.63) is 58.0 Å². The van der Waals surface area contributed by atoms with Crippen molar-refractivity contribution in [3.63, 3.8) is 0 Å². The van der Waals surface area contributed by atoms with Gasteiger partial charge in [0.15, 0.2) is 18.2 Å². The number of carbonyl (C=O) groups is 2. The minimum absolute atomic E-state index is 0.144. The summed E-state index contributed by atoms with van der Waals surface area (Å²) in [6.07, 6.45) is -8.27. The lowest BCUT2D eigenvalue weighted by atomic mass is 9.98. The summed E-state index contributed by atoms with van der Waals surface area (Å²) < 4.78 is 6.98. The van der Waals surface area contributed by atoms with Crippen molar-refractivity contribution in [3.8, 4) is 28.6 Å². The number of carboxylic acids is 1. The van der Waals surface area contributed by atoms with E-state index in [0.29, 0.717) is 28.9 Å². The summed E-state index contributed by atoms with van der Waals surface area (Å²) in [6.45, 7) is 4.06. The number of hydrogen-bond acceptors (Lipinski definition) is 10. The summed E-state index contributed by atoms with van der Waals surface area (Å²) in [6, 6.07) is 8.74. The second-order valence-corrected chi connectivity index (χ2v) is 9.90. The molecule has 14 heteroatoms. The molecule has 1 aromatic heterocycles. The molecule has 0 radical (unpaired) electrons. The number of amides is 1. The zero-order valence-electron chi connectivity index (χ0n) is 22.6. The molecule has 2 aromatic carbocycles. The van der Waals surface area contributed by atoms with E-state index in [1.54, 1.807) is 38.2 Å². The predicted octanol–water partition coefficient (Wildman–Crippen LogP) is 0.357. The number of para-hydroxylation sites is 1. The van der Waals surface area contributed by atoms with E-state index in [2.05, 4.69) is 5.10 Å². The molecular formula is C27H32N4O10. The number of aliphatic carboxylic acids is 1. The summed E-state index contributed by atoms with van der Waals surface area (Å²) in [7, 11) is 1.56. The fourth-order valence-corrected chi connectivity index (χ4v) is 4.65. The Labute approximate surface area is 233 Å². The Morgan fingerprint density at radius 1 is 1.05 bits per heavy atom. The van der Waals surface area contributed by atoms with Crippen LogP contribution in [-0.4, -0.2) is 99.8 Å². The van der Waals surface area contributed by atoms with Gasteiger partial charge in [-0.25, -0.2) is 14.2 Å². The molecule has 1 aliphatic rings. The zero-order valence-corrected chi connectivity index (χ0v) is 22.6. The Balaban J connectivity index is 1.94. The second-order valence-electron chi connectivity index (χ2n) is 9.90. The predicted molar refractivity (Wildman–Crippen MR) is 143 cm³/mol. The molecule has 0 spiro atoms. The number of aliphatic hydroxyl groups is 3. The van der Waals surface area contributed by atoms with Gasteiger partial charge in [0, 0.05) is 19.7 Å². The lowest BCUT2D eigenvalue weighted by molar-refractivity contribution is -0.249. The van der Waals surface area contributed by atoms with Crippen molar-refractivity contribution < 1.29 is 45.0 Å². The maximum Gasteiger partial charge on any atom is 0.353 e. The highest BCUT2D eigenvalue weighted by Crippen LogP contribution is 2.36. The first-order valence-corrected chi connectivity index (χ1v) is 12.9. The molecule has 6 N–H and O–H groups in total. The van der Waals surface area contributed by atoms with E-state index in [0.717, 1.165) is 17.1 Å². The number of benzene rings is 2. The van der Waals surface area contributed by atoms with Crippen molar-refractivity contribution in [2.45, 2.75) is 57.3 Å². The number of aryl methyl sites for hydroxylation is 1. The van der Waals surface area contributed by atoms with Crippen molar-refractivity contribution in [2.24, 2.45) is 0 Å². The Hall–Kier alpha value is -4.24. The smallest absolute Gasteiger partial charge is 0.353 e. The third kappa shape index (κ3) is 5.41. The van der Waals surface area contributed by atoms with Crippen molar-refractivity contribution >= 4 is 11.9 Å². The molecular weight excluding hydrogens is 540 g/mol. The first-order chi connectivity index (χ1) is 19.4. The molecule has 2 heterocycles. The highest BCUT2D eigenvalue weighted by Gasteiger charge is 2.49. The average Bonchev–Trinajstić information content (AvgIpc) is 3.26. The Morgan fingerprint density at radius 2 is 1.73 bits per heavy atom. The number of phenolic OH excluding ortho intramolecular Hbond substituents is 2. The molecule has 1 aliphatic heterocycles. The van der Waals surface area contributed by atoms with E-state index >= 15 is 0 Å². The molecule has 5 atom stereocenters. The zero-order chi connectivity index (χ0) is 30.2. The van der Waals surface area contributed by atoms with Crippen molar-refractivity contribution in [2.75, 3.05) is 13.6 Å². The SMILES string of the molecule is CCCCN(C)C(=O)c1cc(-c2nn(C3OC(C(=O)O)C(O)C(O)C3O)c(=O)n2-c2ccccc2C)c(O)cc1O. The lowest BCUT2D eigenvalue weighted by Crippen LogP contribution is -2.59. The van der Waals surface area contributed by atoms with Crippen molar-refractivity contribution in [1.82, 2.24) is 19.2 Å². The van der Waals surface area contributed by atoms with Crippen LogP contribution >= 0.6 is 0 Å². The number of unbranched alkanes of at least 4 members (excludes halogenated alkanes) is 1. The van der Waals surface area contributed by atoms with Crippen LogP contribution in [0.5, 0.6) is 11.5 Å². The minimum Gasteiger partial charge on any atom is -0.507 e. The van der Waals surface area contributed by atoms with E-state index in [1.807, 2.05) is 6.92 Å². The third-order valence-electron chi connectivity index (χ3n) is 7.01. The summed E-state index contributed by atoms with van der Waals surface area (Å²) >= 11 is 0. The molecule has 3 aromatic rings. The number of aliphatic hydroxyl groups excluding tert-OH is 3.